The molecule has 21 heavy (non-hydrogen) atoms. The van der Waals surface area contributed by atoms with E-state index in [-0.39, 0.29) is 5.91 Å². The third-order valence-corrected chi connectivity index (χ3v) is 5.68. The Morgan fingerprint density at radius 2 is 2.10 bits per heavy atom. The predicted molar refractivity (Wildman–Crippen MR) is 89.7 cm³/mol. The van der Waals surface area contributed by atoms with Gasteiger partial charge >= 0.3 is 0 Å². The largest absolute Gasteiger partial charge is 0.399 e. The minimum Gasteiger partial charge on any atom is -0.399 e. The third-order valence-electron chi connectivity index (χ3n) is 4.64. The first-order valence-electron chi connectivity index (χ1n) is 8.07. The topological polar surface area (TPSA) is 46.3 Å². The number of nitrogen functional groups attached to an aromatic ring is 1. The highest BCUT2D eigenvalue weighted by Crippen LogP contribution is 2.37. The number of rotatable bonds is 3. The molecule has 0 aromatic heterocycles. The first-order valence-corrected chi connectivity index (χ1v) is 9.05. The molecular weight excluding hydrogens is 280 g/mol. The molecule has 1 aliphatic heterocycles. The van der Waals surface area contributed by atoms with E-state index in [2.05, 4.69) is 0 Å². The van der Waals surface area contributed by atoms with E-state index < -0.39 is 0 Å². The zero-order valence-electron chi connectivity index (χ0n) is 12.5. The van der Waals surface area contributed by atoms with Gasteiger partial charge in [-0.2, -0.15) is 0 Å². The highest BCUT2D eigenvalue weighted by atomic mass is 32.2. The maximum atomic E-state index is 12.6. The Hall–Kier alpha value is -1.16. The van der Waals surface area contributed by atoms with Gasteiger partial charge in [0, 0.05) is 29.3 Å². The third kappa shape index (κ3) is 3.54. The number of benzene rings is 1. The van der Waals surface area contributed by atoms with E-state index in [0.29, 0.717) is 6.42 Å². The molecule has 2 N–H and O–H groups in total. The van der Waals surface area contributed by atoms with Gasteiger partial charge in [0.2, 0.25) is 5.91 Å². The van der Waals surface area contributed by atoms with Crippen LogP contribution in [0.25, 0.3) is 0 Å². The summed E-state index contributed by atoms with van der Waals surface area (Å²) in [4.78, 5) is 15.7. The molecule has 4 heteroatoms. The van der Waals surface area contributed by atoms with Crippen molar-refractivity contribution in [2.24, 2.45) is 5.92 Å². The Kier molecular flexibility index (Phi) is 4.73. The second-order valence-electron chi connectivity index (χ2n) is 6.16. The van der Waals surface area contributed by atoms with E-state index in [1.165, 1.54) is 37.0 Å². The average Bonchev–Trinajstić information content (AvgIpc) is 2.53. The highest BCUT2D eigenvalue weighted by molar-refractivity contribution is 7.99. The van der Waals surface area contributed by atoms with Crippen molar-refractivity contribution in [3.63, 3.8) is 0 Å². The van der Waals surface area contributed by atoms with Crippen molar-refractivity contribution in [2.45, 2.75) is 49.8 Å². The second-order valence-corrected chi connectivity index (χ2v) is 7.30. The lowest BCUT2D eigenvalue weighted by molar-refractivity contribution is -0.118. The lowest BCUT2D eigenvalue weighted by atomic mass is 9.86. The van der Waals surface area contributed by atoms with Gasteiger partial charge in [0.25, 0.3) is 0 Å². The van der Waals surface area contributed by atoms with Gasteiger partial charge in [0.1, 0.15) is 0 Å². The molecule has 0 saturated heterocycles. The number of nitrogens with two attached hydrogens (primary N) is 1. The summed E-state index contributed by atoms with van der Waals surface area (Å²) < 4.78 is 0. The monoisotopic (exact) mass is 304 g/mol. The Morgan fingerprint density at radius 1 is 1.29 bits per heavy atom. The van der Waals surface area contributed by atoms with E-state index in [9.17, 15) is 4.79 Å². The molecule has 1 saturated carbocycles. The number of amides is 1. The molecule has 2 aliphatic rings. The summed E-state index contributed by atoms with van der Waals surface area (Å²) in [5.74, 6) is 2.02. The summed E-state index contributed by atoms with van der Waals surface area (Å²) in [6, 6.07) is 5.90. The van der Waals surface area contributed by atoms with Gasteiger partial charge < -0.3 is 10.6 Å². The first kappa shape index (κ1) is 14.8. The predicted octanol–water partition coefficient (Wildman–Crippen LogP) is 4.07. The van der Waals surface area contributed by atoms with E-state index >= 15 is 0 Å². The van der Waals surface area contributed by atoms with Crippen molar-refractivity contribution in [3.05, 3.63) is 18.2 Å². The Morgan fingerprint density at radius 3 is 2.90 bits per heavy atom. The SMILES string of the molecule is Nc1ccc2c(c1)N(C(=O)CCC1CCCCC1)CCS2. The normalized spacial score (nSPS) is 19.3. The molecule has 1 aliphatic carbocycles. The van der Waals surface area contributed by atoms with Crippen molar-refractivity contribution in [3.8, 4) is 0 Å². The molecule has 1 heterocycles. The molecule has 0 unspecified atom stereocenters. The number of carbonyl (C=O) groups excluding carboxylic acids is 1. The fourth-order valence-electron chi connectivity index (χ4n) is 3.43. The van der Waals surface area contributed by atoms with E-state index in [1.807, 2.05) is 34.9 Å². The molecule has 114 valence electrons. The van der Waals surface area contributed by atoms with Gasteiger partial charge in [-0.15, -0.1) is 11.8 Å². The maximum absolute atomic E-state index is 12.6. The smallest absolute Gasteiger partial charge is 0.227 e. The lowest BCUT2D eigenvalue weighted by Crippen LogP contribution is -2.35. The molecule has 0 radical (unpaired) electrons. The summed E-state index contributed by atoms with van der Waals surface area (Å²) in [6.07, 6.45) is 8.43. The van der Waals surface area contributed by atoms with Crippen LogP contribution in [-0.4, -0.2) is 18.2 Å². The van der Waals surface area contributed by atoms with Crippen molar-refractivity contribution in [1.29, 1.82) is 0 Å². The molecule has 1 aromatic rings. The van der Waals surface area contributed by atoms with Crippen molar-refractivity contribution in [2.75, 3.05) is 22.9 Å². The summed E-state index contributed by atoms with van der Waals surface area (Å²) in [7, 11) is 0. The molecule has 0 atom stereocenters. The van der Waals surface area contributed by atoms with E-state index in [4.69, 9.17) is 5.73 Å². The van der Waals surface area contributed by atoms with Crippen LogP contribution in [0.1, 0.15) is 44.9 Å². The fraction of sp³-hybridized carbons (Fsp3) is 0.588. The summed E-state index contributed by atoms with van der Waals surface area (Å²) in [5.41, 5.74) is 7.64. The fourth-order valence-corrected chi connectivity index (χ4v) is 4.41. The number of nitrogens with zero attached hydrogens (tertiary/aromatic N) is 1. The second kappa shape index (κ2) is 6.73. The zero-order chi connectivity index (χ0) is 14.7. The van der Waals surface area contributed by atoms with Crippen LogP contribution in [0.4, 0.5) is 11.4 Å². The molecule has 1 amide bonds. The number of fused-ring (bicyclic) bond motifs is 1. The van der Waals surface area contributed by atoms with Gasteiger partial charge in [0.05, 0.1) is 5.69 Å². The molecular formula is C17H24N2OS. The van der Waals surface area contributed by atoms with Crippen LogP contribution < -0.4 is 10.6 Å². The van der Waals surface area contributed by atoms with E-state index in [1.54, 1.807) is 0 Å². The summed E-state index contributed by atoms with van der Waals surface area (Å²) >= 11 is 1.82. The minimum atomic E-state index is 0.271. The number of hydrogen-bond acceptors (Lipinski definition) is 3. The molecule has 3 rings (SSSR count). The average molecular weight is 304 g/mol. The van der Waals surface area contributed by atoms with Crippen LogP contribution in [0, 0.1) is 5.92 Å². The van der Waals surface area contributed by atoms with Crippen LogP contribution in [0.3, 0.4) is 0 Å². The summed E-state index contributed by atoms with van der Waals surface area (Å²) in [5, 5.41) is 0. The van der Waals surface area contributed by atoms with Crippen LogP contribution in [0.2, 0.25) is 0 Å². The lowest BCUT2D eigenvalue weighted by Gasteiger charge is -2.30. The Balaban J connectivity index is 1.64. The van der Waals surface area contributed by atoms with Crippen molar-refractivity contribution in [1.82, 2.24) is 0 Å². The molecule has 3 nitrogen and oxygen atoms in total. The molecule has 0 bridgehead atoms. The quantitative estimate of drug-likeness (QED) is 0.856. The number of hydrogen-bond donors (Lipinski definition) is 1. The first-order chi connectivity index (χ1) is 10.2. The maximum Gasteiger partial charge on any atom is 0.227 e. The van der Waals surface area contributed by atoms with Crippen molar-refractivity contribution < 1.29 is 4.79 Å². The van der Waals surface area contributed by atoms with Crippen molar-refractivity contribution >= 4 is 29.0 Å². The molecule has 0 spiro atoms. The van der Waals surface area contributed by atoms with Crippen LogP contribution in [-0.2, 0) is 4.79 Å². The van der Waals surface area contributed by atoms with E-state index in [0.717, 1.165) is 36.0 Å². The molecule has 1 aromatic carbocycles. The minimum absolute atomic E-state index is 0.271. The van der Waals surface area contributed by atoms with Crippen LogP contribution >= 0.6 is 11.8 Å². The number of thioether (sulfide) groups is 1. The molecule has 1 fully saturated rings. The highest BCUT2D eigenvalue weighted by Gasteiger charge is 2.24. The Bertz CT molecular complexity index is 512. The van der Waals surface area contributed by atoms with Gasteiger partial charge in [-0.25, -0.2) is 0 Å². The van der Waals surface area contributed by atoms with Gasteiger partial charge in [0.15, 0.2) is 0 Å². The standard InChI is InChI=1S/C17H24N2OS/c18-14-7-8-16-15(12-14)19(10-11-21-16)17(20)9-6-13-4-2-1-3-5-13/h7-8,12-13H,1-6,9-11,18H2. The van der Waals surface area contributed by atoms with Crippen LogP contribution in [0.15, 0.2) is 23.1 Å². The number of carbonyl (C=O) groups is 1. The van der Waals surface area contributed by atoms with Gasteiger partial charge in [-0.3, -0.25) is 4.79 Å². The van der Waals surface area contributed by atoms with Crippen LogP contribution in [0.5, 0.6) is 0 Å². The summed E-state index contributed by atoms with van der Waals surface area (Å²) in [6.45, 7) is 0.810. The zero-order valence-corrected chi connectivity index (χ0v) is 13.3. The Labute approximate surface area is 131 Å². The van der Waals surface area contributed by atoms with Gasteiger partial charge in [-0.05, 0) is 30.5 Å². The number of anilines is 2. The van der Waals surface area contributed by atoms with Gasteiger partial charge in [-0.1, -0.05) is 32.1 Å².